The zero-order valence-electron chi connectivity index (χ0n) is 19.1. The quantitative estimate of drug-likeness (QED) is 0.554. The second kappa shape index (κ2) is 11.2. The lowest BCUT2D eigenvalue weighted by molar-refractivity contribution is -0.131. The van der Waals surface area contributed by atoms with Crippen LogP contribution in [-0.4, -0.2) is 74.9 Å². The first-order valence-corrected chi connectivity index (χ1v) is 13.0. The van der Waals surface area contributed by atoms with Gasteiger partial charge in [0.05, 0.1) is 12.3 Å². The predicted molar refractivity (Wildman–Crippen MR) is 131 cm³/mol. The van der Waals surface area contributed by atoms with Crippen molar-refractivity contribution in [3.8, 4) is 0 Å². The van der Waals surface area contributed by atoms with Crippen molar-refractivity contribution in [1.29, 1.82) is 0 Å². The van der Waals surface area contributed by atoms with Crippen LogP contribution in [0.25, 0.3) is 0 Å². The molecular weight excluding hydrogens is 460 g/mol. The second-order valence-electron chi connectivity index (χ2n) is 8.41. The van der Waals surface area contributed by atoms with Gasteiger partial charge in [0.25, 0.3) is 0 Å². The van der Waals surface area contributed by atoms with Crippen LogP contribution in [0.2, 0.25) is 5.02 Å². The number of halogens is 1. The van der Waals surface area contributed by atoms with Crippen molar-refractivity contribution in [3.05, 3.63) is 35.1 Å². The first-order chi connectivity index (χ1) is 16.0. The largest absolute Gasteiger partial charge is 0.368 e. The lowest BCUT2D eigenvalue weighted by Gasteiger charge is -2.36. The van der Waals surface area contributed by atoms with E-state index in [0.717, 1.165) is 60.6 Å². The van der Waals surface area contributed by atoms with E-state index in [9.17, 15) is 9.59 Å². The number of hydrogen-bond donors (Lipinski definition) is 0. The molecule has 0 atom stereocenters. The third-order valence-electron chi connectivity index (χ3n) is 6.24. The molecular formula is C23H31ClN6O2S. The summed E-state index contributed by atoms with van der Waals surface area (Å²) >= 11 is 7.54. The Bertz CT molecular complexity index is 976. The molecule has 33 heavy (non-hydrogen) atoms. The average molecular weight is 491 g/mol. The maximum Gasteiger partial charge on any atom is 0.233 e. The molecule has 1 aromatic carbocycles. The minimum absolute atomic E-state index is 0.112. The van der Waals surface area contributed by atoms with Gasteiger partial charge in [-0.25, -0.2) is 0 Å². The van der Waals surface area contributed by atoms with E-state index >= 15 is 0 Å². The molecule has 2 aromatic rings. The summed E-state index contributed by atoms with van der Waals surface area (Å²) in [5.74, 6) is 1.43. The number of aromatic nitrogens is 3. The van der Waals surface area contributed by atoms with Crippen LogP contribution in [0.1, 0.15) is 38.4 Å². The first-order valence-electron chi connectivity index (χ1n) is 11.7. The monoisotopic (exact) mass is 490 g/mol. The van der Waals surface area contributed by atoms with Gasteiger partial charge < -0.3 is 19.3 Å². The normalized spacial score (nSPS) is 17.4. The lowest BCUT2D eigenvalue weighted by Crippen LogP contribution is -2.49. The molecule has 4 rings (SSSR count). The Kier molecular flexibility index (Phi) is 8.14. The number of rotatable bonds is 7. The summed E-state index contributed by atoms with van der Waals surface area (Å²) in [4.78, 5) is 31.2. The molecule has 2 fully saturated rings. The third-order valence-corrected chi connectivity index (χ3v) is 7.43. The van der Waals surface area contributed by atoms with E-state index in [2.05, 4.69) is 15.1 Å². The smallest absolute Gasteiger partial charge is 0.233 e. The number of piperazine rings is 1. The molecule has 3 heterocycles. The minimum atomic E-state index is 0.112. The molecule has 0 unspecified atom stereocenters. The highest BCUT2D eigenvalue weighted by Crippen LogP contribution is 2.23. The van der Waals surface area contributed by atoms with Crippen molar-refractivity contribution < 1.29 is 9.59 Å². The van der Waals surface area contributed by atoms with E-state index in [1.807, 2.05) is 45.6 Å². The molecule has 0 N–H and O–H groups in total. The van der Waals surface area contributed by atoms with E-state index in [4.69, 9.17) is 11.6 Å². The number of benzene rings is 1. The van der Waals surface area contributed by atoms with Gasteiger partial charge in [0.15, 0.2) is 11.0 Å². The van der Waals surface area contributed by atoms with Gasteiger partial charge in [0, 0.05) is 56.4 Å². The molecule has 178 valence electrons. The fourth-order valence-corrected chi connectivity index (χ4v) is 5.45. The molecule has 2 aliphatic heterocycles. The van der Waals surface area contributed by atoms with E-state index in [-0.39, 0.29) is 11.8 Å². The fraction of sp³-hybridized carbons (Fsp3) is 0.565. The maximum absolute atomic E-state index is 12.8. The van der Waals surface area contributed by atoms with Gasteiger partial charge >= 0.3 is 0 Å². The van der Waals surface area contributed by atoms with Gasteiger partial charge in [-0.15, -0.1) is 10.2 Å². The fourth-order valence-electron chi connectivity index (χ4n) is 4.34. The van der Waals surface area contributed by atoms with Crippen LogP contribution in [0.15, 0.2) is 29.4 Å². The standard InChI is InChI=1S/C23H31ClN6O2S/c1-2-30-20(16-29-10-5-3-4-9-21(29)31)25-26-23(30)33-17-22(32)28-13-11-27(12-14-28)19-8-6-7-18(24)15-19/h6-8,15H,2-5,9-14,16-17H2,1H3. The highest BCUT2D eigenvalue weighted by molar-refractivity contribution is 7.99. The Hall–Kier alpha value is -2.26. The zero-order chi connectivity index (χ0) is 23.2. The highest BCUT2D eigenvalue weighted by Gasteiger charge is 2.24. The topological polar surface area (TPSA) is 74.6 Å². The summed E-state index contributed by atoms with van der Waals surface area (Å²) in [7, 11) is 0. The number of hydrogen-bond acceptors (Lipinski definition) is 6. The molecule has 2 amide bonds. The zero-order valence-corrected chi connectivity index (χ0v) is 20.7. The number of carbonyl (C=O) groups excluding carboxylic acids is 2. The average Bonchev–Trinajstić information content (AvgIpc) is 3.10. The Labute approximate surface area is 204 Å². The van der Waals surface area contributed by atoms with E-state index in [0.29, 0.717) is 38.4 Å². The van der Waals surface area contributed by atoms with Crippen molar-refractivity contribution in [2.45, 2.75) is 50.9 Å². The van der Waals surface area contributed by atoms with Crippen LogP contribution in [0, 0.1) is 0 Å². The van der Waals surface area contributed by atoms with Crippen LogP contribution < -0.4 is 4.90 Å². The molecule has 0 saturated carbocycles. The van der Waals surface area contributed by atoms with E-state index in [1.165, 1.54) is 11.8 Å². The predicted octanol–water partition coefficient (Wildman–Crippen LogP) is 3.29. The van der Waals surface area contributed by atoms with Gasteiger partial charge in [0.2, 0.25) is 11.8 Å². The number of amides is 2. The summed E-state index contributed by atoms with van der Waals surface area (Å²) in [5.41, 5.74) is 1.09. The number of nitrogens with zero attached hydrogens (tertiary/aromatic N) is 6. The molecule has 0 radical (unpaired) electrons. The van der Waals surface area contributed by atoms with Crippen LogP contribution in [-0.2, 0) is 22.7 Å². The molecule has 0 aliphatic carbocycles. The third kappa shape index (κ3) is 6.00. The van der Waals surface area contributed by atoms with E-state index in [1.54, 1.807) is 0 Å². The van der Waals surface area contributed by atoms with Crippen molar-refractivity contribution >= 4 is 40.9 Å². The molecule has 2 saturated heterocycles. The Morgan fingerprint density at radius 3 is 2.67 bits per heavy atom. The van der Waals surface area contributed by atoms with Crippen molar-refractivity contribution in [2.75, 3.05) is 43.4 Å². The number of anilines is 1. The summed E-state index contributed by atoms with van der Waals surface area (Å²) < 4.78 is 2.02. The Morgan fingerprint density at radius 2 is 1.91 bits per heavy atom. The Balaban J connectivity index is 1.30. The van der Waals surface area contributed by atoms with Crippen LogP contribution in [0.5, 0.6) is 0 Å². The maximum atomic E-state index is 12.8. The van der Waals surface area contributed by atoms with Gasteiger partial charge in [-0.1, -0.05) is 35.9 Å². The first kappa shape index (κ1) is 23.9. The lowest BCUT2D eigenvalue weighted by atomic mass is 10.2. The molecule has 10 heteroatoms. The number of likely N-dealkylation sites (tertiary alicyclic amines) is 1. The highest BCUT2D eigenvalue weighted by atomic mass is 35.5. The van der Waals surface area contributed by atoms with Gasteiger partial charge in [-0.3, -0.25) is 9.59 Å². The Morgan fingerprint density at radius 1 is 1.09 bits per heavy atom. The molecule has 0 spiro atoms. The molecule has 0 bridgehead atoms. The van der Waals surface area contributed by atoms with Crippen LogP contribution in [0.4, 0.5) is 5.69 Å². The molecule has 1 aromatic heterocycles. The van der Waals surface area contributed by atoms with Crippen LogP contribution in [0.3, 0.4) is 0 Å². The van der Waals surface area contributed by atoms with Crippen molar-refractivity contribution in [2.24, 2.45) is 0 Å². The summed E-state index contributed by atoms with van der Waals surface area (Å²) in [6.45, 7) is 6.96. The van der Waals surface area contributed by atoms with Crippen LogP contribution >= 0.6 is 23.4 Å². The van der Waals surface area contributed by atoms with Crippen molar-refractivity contribution in [3.63, 3.8) is 0 Å². The summed E-state index contributed by atoms with van der Waals surface area (Å²) in [5, 5.41) is 10.1. The van der Waals surface area contributed by atoms with Gasteiger partial charge in [0.1, 0.15) is 0 Å². The number of carbonyl (C=O) groups is 2. The second-order valence-corrected chi connectivity index (χ2v) is 9.78. The summed E-state index contributed by atoms with van der Waals surface area (Å²) in [6, 6.07) is 7.83. The van der Waals surface area contributed by atoms with E-state index < -0.39 is 0 Å². The number of thioether (sulfide) groups is 1. The van der Waals surface area contributed by atoms with Gasteiger partial charge in [-0.2, -0.15) is 0 Å². The van der Waals surface area contributed by atoms with Crippen molar-refractivity contribution in [1.82, 2.24) is 24.6 Å². The van der Waals surface area contributed by atoms with Gasteiger partial charge in [-0.05, 0) is 38.0 Å². The molecule has 2 aliphatic rings. The minimum Gasteiger partial charge on any atom is -0.368 e. The summed E-state index contributed by atoms with van der Waals surface area (Å²) in [6.07, 6.45) is 3.71. The SMILES string of the molecule is CCn1c(CN2CCCCCC2=O)nnc1SCC(=O)N1CCN(c2cccc(Cl)c2)CC1. The molecule has 8 nitrogen and oxygen atoms in total.